The van der Waals surface area contributed by atoms with Crippen molar-refractivity contribution < 1.29 is 4.74 Å². The van der Waals surface area contributed by atoms with Gasteiger partial charge in [0.15, 0.2) is 0 Å². The van der Waals surface area contributed by atoms with Gasteiger partial charge in [0, 0.05) is 10.2 Å². The molecule has 0 aliphatic rings. The Morgan fingerprint density at radius 1 is 1.11 bits per heavy atom. The van der Waals surface area contributed by atoms with Crippen LogP contribution in [0.3, 0.4) is 0 Å². The largest absolute Gasteiger partial charge is 0.497 e. The standard InChI is InChI=1S/C15H14BrNO/c1-11(12-6-8-15(18-2)9-7-12)17-14-5-3-4-13(16)10-14/h3-10H,1-2H3. The van der Waals surface area contributed by atoms with E-state index in [1.54, 1.807) is 7.11 Å². The normalized spacial score (nSPS) is 11.4. The molecule has 0 N–H and O–H groups in total. The Balaban J connectivity index is 2.26. The molecule has 0 spiro atoms. The predicted octanol–water partition coefficient (Wildman–Crippen LogP) is 4.60. The fourth-order valence-electron chi connectivity index (χ4n) is 1.64. The van der Waals surface area contributed by atoms with Crippen LogP contribution in [0.5, 0.6) is 5.75 Å². The third-order valence-electron chi connectivity index (χ3n) is 2.61. The first kappa shape index (κ1) is 12.8. The van der Waals surface area contributed by atoms with Crippen molar-refractivity contribution in [1.82, 2.24) is 0 Å². The highest BCUT2D eigenvalue weighted by atomic mass is 79.9. The highest BCUT2D eigenvalue weighted by Crippen LogP contribution is 2.20. The fourth-order valence-corrected chi connectivity index (χ4v) is 2.02. The molecule has 0 radical (unpaired) electrons. The van der Waals surface area contributed by atoms with Crippen molar-refractivity contribution >= 4 is 27.3 Å². The molecule has 3 heteroatoms. The van der Waals surface area contributed by atoms with E-state index >= 15 is 0 Å². The van der Waals surface area contributed by atoms with E-state index in [1.807, 2.05) is 55.5 Å². The van der Waals surface area contributed by atoms with Gasteiger partial charge >= 0.3 is 0 Å². The minimum atomic E-state index is 0.856. The van der Waals surface area contributed by atoms with Gasteiger partial charge in [-0.05, 0) is 55.0 Å². The van der Waals surface area contributed by atoms with Crippen LogP contribution in [0.2, 0.25) is 0 Å². The summed E-state index contributed by atoms with van der Waals surface area (Å²) in [5.41, 5.74) is 3.02. The van der Waals surface area contributed by atoms with E-state index in [1.165, 1.54) is 0 Å². The lowest BCUT2D eigenvalue weighted by Gasteiger charge is -2.03. The molecule has 0 amide bonds. The van der Waals surface area contributed by atoms with E-state index in [9.17, 15) is 0 Å². The van der Waals surface area contributed by atoms with Crippen molar-refractivity contribution in [2.75, 3.05) is 7.11 Å². The van der Waals surface area contributed by atoms with E-state index in [0.717, 1.165) is 27.2 Å². The fraction of sp³-hybridized carbons (Fsp3) is 0.133. The van der Waals surface area contributed by atoms with Gasteiger partial charge < -0.3 is 4.74 Å². The number of ether oxygens (including phenoxy) is 1. The van der Waals surface area contributed by atoms with E-state index in [2.05, 4.69) is 20.9 Å². The molecule has 0 aliphatic carbocycles. The molecule has 0 saturated heterocycles. The van der Waals surface area contributed by atoms with E-state index in [0.29, 0.717) is 0 Å². The molecule has 2 aromatic rings. The lowest BCUT2D eigenvalue weighted by atomic mass is 10.1. The van der Waals surface area contributed by atoms with Crippen molar-refractivity contribution in [3.63, 3.8) is 0 Å². The van der Waals surface area contributed by atoms with Gasteiger partial charge in [0.25, 0.3) is 0 Å². The second-order valence-corrected chi connectivity index (χ2v) is 4.82. The monoisotopic (exact) mass is 303 g/mol. The van der Waals surface area contributed by atoms with Crippen LogP contribution in [0.4, 0.5) is 5.69 Å². The van der Waals surface area contributed by atoms with Gasteiger partial charge in [-0.25, -0.2) is 0 Å². The summed E-state index contributed by atoms with van der Waals surface area (Å²) in [6.45, 7) is 2.00. The number of aliphatic imine (C=N–C) groups is 1. The third-order valence-corrected chi connectivity index (χ3v) is 3.11. The summed E-state index contributed by atoms with van der Waals surface area (Å²) in [7, 11) is 1.66. The molecule has 0 heterocycles. The highest BCUT2D eigenvalue weighted by Gasteiger charge is 1.99. The Kier molecular flexibility index (Phi) is 4.15. The Morgan fingerprint density at radius 3 is 2.44 bits per heavy atom. The molecule has 0 aromatic heterocycles. The van der Waals surface area contributed by atoms with Gasteiger partial charge in [0.1, 0.15) is 5.75 Å². The van der Waals surface area contributed by atoms with Crippen LogP contribution >= 0.6 is 15.9 Å². The second kappa shape index (κ2) is 5.83. The predicted molar refractivity (Wildman–Crippen MR) is 79.0 cm³/mol. The summed E-state index contributed by atoms with van der Waals surface area (Å²) in [5.74, 6) is 0.856. The molecule has 0 bridgehead atoms. The van der Waals surface area contributed by atoms with Crippen LogP contribution in [0.15, 0.2) is 58.0 Å². The number of hydrogen-bond acceptors (Lipinski definition) is 2. The van der Waals surface area contributed by atoms with Gasteiger partial charge in [-0.1, -0.05) is 22.0 Å². The van der Waals surface area contributed by atoms with Gasteiger partial charge in [-0.15, -0.1) is 0 Å². The molecule has 2 aromatic carbocycles. The summed E-state index contributed by atoms with van der Waals surface area (Å²) < 4.78 is 6.17. The minimum Gasteiger partial charge on any atom is -0.497 e. The Labute approximate surface area is 115 Å². The van der Waals surface area contributed by atoms with E-state index in [-0.39, 0.29) is 0 Å². The summed E-state index contributed by atoms with van der Waals surface area (Å²) in [4.78, 5) is 4.59. The van der Waals surface area contributed by atoms with Crippen molar-refractivity contribution in [3.05, 3.63) is 58.6 Å². The summed E-state index contributed by atoms with van der Waals surface area (Å²) in [6, 6.07) is 15.8. The highest BCUT2D eigenvalue weighted by molar-refractivity contribution is 9.10. The first-order chi connectivity index (χ1) is 8.69. The number of rotatable bonds is 3. The van der Waals surface area contributed by atoms with E-state index < -0.39 is 0 Å². The zero-order valence-electron chi connectivity index (χ0n) is 10.4. The van der Waals surface area contributed by atoms with Gasteiger partial charge in [0.2, 0.25) is 0 Å². The van der Waals surface area contributed by atoms with Crippen LogP contribution in [-0.2, 0) is 0 Å². The van der Waals surface area contributed by atoms with Crippen molar-refractivity contribution in [2.24, 2.45) is 4.99 Å². The third kappa shape index (κ3) is 3.20. The first-order valence-electron chi connectivity index (χ1n) is 5.64. The van der Waals surface area contributed by atoms with Crippen LogP contribution in [0.25, 0.3) is 0 Å². The van der Waals surface area contributed by atoms with Crippen molar-refractivity contribution in [1.29, 1.82) is 0 Å². The van der Waals surface area contributed by atoms with Crippen LogP contribution in [0.1, 0.15) is 12.5 Å². The summed E-state index contributed by atoms with van der Waals surface area (Å²) in [6.07, 6.45) is 0. The number of methoxy groups -OCH3 is 1. The number of nitrogens with zero attached hydrogens (tertiary/aromatic N) is 1. The number of benzene rings is 2. The van der Waals surface area contributed by atoms with Gasteiger partial charge in [0.05, 0.1) is 12.8 Å². The van der Waals surface area contributed by atoms with E-state index in [4.69, 9.17) is 4.74 Å². The first-order valence-corrected chi connectivity index (χ1v) is 6.43. The maximum Gasteiger partial charge on any atom is 0.118 e. The molecular weight excluding hydrogens is 290 g/mol. The van der Waals surface area contributed by atoms with Gasteiger partial charge in [-0.3, -0.25) is 4.99 Å². The van der Waals surface area contributed by atoms with Crippen molar-refractivity contribution in [3.8, 4) is 5.75 Å². The smallest absolute Gasteiger partial charge is 0.118 e. The summed E-state index contributed by atoms with van der Waals surface area (Å²) in [5, 5.41) is 0. The van der Waals surface area contributed by atoms with Crippen LogP contribution in [0, 0.1) is 0 Å². The second-order valence-electron chi connectivity index (χ2n) is 3.91. The SMILES string of the molecule is COc1ccc(C(C)=Nc2cccc(Br)c2)cc1. The molecule has 2 rings (SSSR count). The lowest BCUT2D eigenvalue weighted by molar-refractivity contribution is 0.415. The molecule has 0 saturated carbocycles. The maximum atomic E-state index is 5.14. The lowest BCUT2D eigenvalue weighted by Crippen LogP contribution is -1.94. The Morgan fingerprint density at radius 2 is 1.83 bits per heavy atom. The average Bonchev–Trinajstić information content (AvgIpc) is 2.39. The molecule has 18 heavy (non-hydrogen) atoms. The Bertz CT molecular complexity index is 561. The minimum absolute atomic E-state index is 0.856. The average molecular weight is 304 g/mol. The van der Waals surface area contributed by atoms with Crippen molar-refractivity contribution in [2.45, 2.75) is 6.92 Å². The topological polar surface area (TPSA) is 21.6 Å². The zero-order valence-corrected chi connectivity index (χ0v) is 11.9. The molecule has 2 nitrogen and oxygen atoms in total. The van der Waals surface area contributed by atoms with Crippen LogP contribution in [-0.4, -0.2) is 12.8 Å². The molecular formula is C15H14BrNO. The van der Waals surface area contributed by atoms with Gasteiger partial charge in [-0.2, -0.15) is 0 Å². The Hall–Kier alpha value is -1.61. The molecule has 0 atom stereocenters. The molecule has 92 valence electrons. The molecule has 0 unspecified atom stereocenters. The zero-order chi connectivity index (χ0) is 13.0. The van der Waals surface area contributed by atoms with Crippen LogP contribution < -0.4 is 4.74 Å². The maximum absolute atomic E-state index is 5.14. The number of hydrogen-bond donors (Lipinski definition) is 0. The quantitative estimate of drug-likeness (QED) is 0.760. The molecule has 0 aliphatic heterocycles. The molecule has 0 fully saturated rings. The summed E-state index contributed by atoms with van der Waals surface area (Å²) >= 11 is 3.44. The number of halogens is 1.